The third-order valence-corrected chi connectivity index (χ3v) is 2.85. The molecule has 0 atom stereocenters. The van der Waals surface area contributed by atoms with Gasteiger partial charge >= 0.3 is 0 Å². The van der Waals surface area contributed by atoms with E-state index < -0.39 is 30.8 Å². The average molecular weight is 283 g/mol. The highest BCUT2D eigenvalue weighted by Crippen LogP contribution is 2.22. The maximum atomic E-state index is 13.6. The van der Waals surface area contributed by atoms with E-state index in [4.69, 9.17) is 5.11 Å². The molecule has 106 valence electrons. The highest BCUT2D eigenvalue weighted by atomic mass is 19.3. The van der Waals surface area contributed by atoms with Gasteiger partial charge in [-0.15, -0.1) is 0 Å². The van der Waals surface area contributed by atoms with Crippen LogP contribution in [0, 0.1) is 5.82 Å². The van der Waals surface area contributed by atoms with Gasteiger partial charge in [0, 0.05) is 10.9 Å². The maximum Gasteiger partial charge on any atom is 0.287 e. The lowest BCUT2D eigenvalue weighted by Crippen LogP contribution is -2.39. The molecule has 2 rings (SSSR count). The highest BCUT2D eigenvalue weighted by molar-refractivity contribution is 6.07. The van der Waals surface area contributed by atoms with Crippen LogP contribution in [0.3, 0.4) is 0 Å². The van der Waals surface area contributed by atoms with Crippen LogP contribution in [0.4, 0.5) is 13.2 Å². The molecule has 2 aromatic rings. The number of carbonyl (C=O) groups excluding carboxylic acids is 1. The zero-order valence-electron chi connectivity index (χ0n) is 10.4. The molecule has 0 aromatic heterocycles. The molecule has 2 aromatic carbocycles. The Kier molecular flexibility index (Phi) is 3.94. The van der Waals surface area contributed by atoms with Crippen molar-refractivity contribution >= 4 is 16.7 Å². The van der Waals surface area contributed by atoms with Crippen LogP contribution in [-0.2, 0) is 0 Å². The first kappa shape index (κ1) is 14.3. The van der Waals surface area contributed by atoms with Crippen molar-refractivity contribution < 1.29 is 23.1 Å². The Morgan fingerprint density at radius 1 is 1.15 bits per heavy atom. The van der Waals surface area contributed by atoms with Gasteiger partial charge in [-0.1, -0.05) is 24.3 Å². The third-order valence-electron chi connectivity index (χ3n) is 2.85. The second-order valence-electron chi connectivity index (χ2n) is 4.34. The lowest BCUT2D eigenvalue weighted by molar-refractivity contribution is -0.0461. The van der Waals surface area contributed by atoms with Gasteiger partial charge in [-0.25, -0.2) is 13.2 Å². The van der Waals surface area contributed by atoms with Crippen LogP contribution in [0.15, 0.2) is 36.4 Å². The van der Waals surface area contributed by atoms with Gasteiger partial charge in [0.2, 0.25) is 0 Å². The van der Waals surface area contributed by atoms with Crippen molar-refractivity contribution in [2.75, 3.05) is 13.2 Å². The van der Waals surface area contributed by atoms with Crippen molar-refractivity contribution in [2.45, 2.75) is 5.92 Å². The molecule has 0 aliphatic heterocycles. The van der Waals surface area contributed by atoms with Gasteiger partial charge in [0.15, 0.2) is 0 Å². The molecule has 0 aliphatic carbocycles. The number of amides is 1. The molecule has 0 fully saturated rings. The van der Waals surface area contributed by atoms with Crippen LogP contribution in [0.2, 0.25) is 0 Å². The van der Waals surface area contributed by atoms with Gasteiger partial charge in [0.1, 0.15) is 12.4 Å². The normalized spacial score (nSPS) is 11.6. The first-order valence-corrected chi connectivity index (χ1v) is 5.89. The molecule has 0 unspecified atom stereocenters. The van der Waals surface area contributed by atoms with Gasteiger partial charge in [-0.05, 0) is 17.5 Å². The van der Waals surface area contributed by atoms with Crippen LogP contribution in [0.5, 0.6) is 0 Å². The number of hydrogen-bond donors (Lipinski definition) is 2. The summed E-state index contributed by atoms with van der Waals surface area (Å²) in [6.07, 6.45) is 0. The van der Waals surface area contributed by atoms with Crippen molar-refractivity contribution in [2.24, 2.45) is 0 Å². The Hall–Kier alpha value is -2.08. The van der Waals surface area contributed by atoms with Gasteiger partial charge in [-0.3, -0.25) is 4.79 Å². The van der Waals surface area contributed by atoms with Crippen LogP contribution in [-0.4, -0.2) is 30.1 Å². The molecule has 2 N–H and O–H groups in total. The molecular weight excluding hydrogens is 271 g/mol. The second-order valence-corrected chi connectivity index (χ2v) is 4.34. The second kappa shape index (κ2) is 5.50. The molecule has 0 saturated carbocycles. The van der Waals surface area contributed by atoms with E-state index in [0.717, 1.165) is 6.07 Å². The van der Waals surface area contributed by atoms with Gasteiger partial charge < -0.3 is 10.4 Å². The number of aliphatic hydroxyl groups excluding tert-OH is 1. The minimum atomic E-state index is -3.38. The summed E-state index contributed by atoms with van der Waals surface area (Å²) in [5.74, 6) is -4.61. The van der Waals surface area contributed by atoms with Crippen LogP contribution in [0.1, 0.15) is 10.4 Å². The number of hydrogen-bond acceptors (Lipinski definition) is 2. The Balaban J connectivity index is 2.29. The molecule has 0 aliphatic rings. The summed E-state index contributed by atoms with van der Waals surface area (Å²) < 4.78 is 39.3. The fourth-order valence-corrected chi connectivity index (χ4v) is 1.82. The number of rotatable bonds is 4. The van der Waals surface area contributed by atoms with Crippen molar-refractivity contribution in [3.63, 3.8) is 0 Å². The highest BCUT2D eigenvalue weighted by Gasteiger charge is 2.28. The monoisotopic (exact) mass is 283 g/mol. The van der Waals surface area contributed by atoms with Crippen LogP contribution < -0.4 is 5.32 Å². The molecular formula is C14H12F3NO2. The Morgan fingerprint density at radius 3 is 2.45 bits per heavy atom. The average Bonchev–Trinajstić information content (AvgIpc) is 2.46. The summed E-state index contributed by atoms with van der Waals surface area (Å²) in [4.78, 5) is 11.9. The first-order valence-electron chi connectivity index (χ1n) is 5.89. The summed E-state index contributed by atoms with van der Waals surface area (Å²) in [6.45, 7) is -2.33. The lowest BCUT2D eigenvalue weighted by atomic mass is 10.0. The van der Waals surface area contributed by atoms with E-state index in [1.807, 2.05) is 5.32 Å². The van der Waals surface area contributed by atoms with E-state index in [-0.39, 0.29) is 10.9 Å². The van der Waals surface area contributed by atoms with Crippen LogP contribution >= 0.6 is 0 Å². The Bertz CT molecular complexity index is 643. The minimum absolute atomic E-state index is 0.107. The smallest absolute Gasteiger partial charge is 0.287 e. The summed E-state index contributed by atoms with van der Waals surface area (Å²) in [5, 5.41) is 11.1. The van der Waals surface area contributed by atoms with Gasteiger partial charge in [0.25, 0.3) is 11.8 Å². The quantitative estimate of drug-likeness (QED) is 0.904. The van der Waals surface area contributed by atoms with Crippen molar-refractivity contribution in [3.8, 4) is 0 Å². The van der Waals surface area contributed by atoms with Gasteiger partial charge in [-0.2, -0.15) is 0 Å². The summed E-state index contributed by atoms with van der Waals surface area (Å²) in [7, 11) is 0. The summed E-state index contributed by atoms with van der Waals surface area (Å²) >= 11 is 0. The van der Waals surface area contributed by atoms with Gasteiger partial charge in [0.05, 0.1) is 6.54 Å². The topological polar surface area (TPSA) is 49.3 Å². The third kappa shape index (κ3) is 2.91. The SMILES string of the molecule is O=C(NCC(F)(F)CO)c1ccc(F)c2ccccc12. The number of aliphatic hydroxyl groups is 1. The van der Waals surface area contributed by atoms with E-state index in [0.29, 0.717) is 5.39 Å². The molecule has 1 amide bonds. The molecule has 0 spiro atoms. The molecule has 6 heteroatoms. The molecule has 0 saturated heterocycles. The number of carbonyl (C=O) groups is 1. The largest absolute Gasteiger partial charge is 0.390 e. The summed E-state index contributed by atoms with van der Waals surface area (Å²) in [6, 6.07) is 8.64. The molecule has 0 heterocycles. The molecule has 0 bridgehead atoms. The number of nitrogens with one attached hydrogen (secondary N) is 1. The number of benzene rings is 2. The fraction of sp³-hybridized carbons (Fsp3) is 0.214. The van der Waals surface area contributed by atoms with E-state index in [1.165, 1.54) is 18.2 Å². The number of halogens is 3. The number of fused-ring (bicyclic) bond motifs is 1. The zero-order valence-corrected chi connectivity index (χ0v) is 10.4. The Morgan fingerprint density at radius 2 is 1.80 bits per heavy atom. The van der Waals surface area contributed by atoms with Crippen LogP contribution in [0.25, 0.3) is 10.8 Å². The maximum absolute atomic E-state index is 13.6. The standard InChI is InChI=1S/C14H12F3NO2/c15-12-6-5-11(9-3-1-2-4-10(9)12)13(20)18-7-14(16,17)8-19/h1-6,19H,7-8H2,(H,18,20). The molecule has 3 nitrogen and oxygen atoms in total. The summed E-state index contributed by atoms with van der Waals surface area (Å²) in [5.41, 5.74) is 0.107. The van der Waals surface area contributed by atoms with Crippen molar-refractivity contribution in [3.05, 3.63) is 47.8 Å². The fourth-order valence-electron chi connectivity index (χ4n) is 1.82. The molecule has 20 heavy (non-hydrogen) atoms. The predicted molar refractivity (Wildman–Crippen MR) is 68.3 cm³/mol. The number of alkyl halides is 2. The van der Waals surface area contributed by atoms with Crippen molar-refractivity contribution in [1.29, 1.82) is 0 Å². The lowest BCUT2D eigenvalue weighted by Gasteiger charge is -2.14. The Labute approximate surface area is 113 Å². The van der Waals surface area contributed by atoms with Crippen molar-refractivity contribution in [1.82, 2.24) is 5.32 Å². The zero-order chi connectivity index (χ0) is 14.8. The van der Waals surface area contributed by atoms with E-state index in [2.05, 4.69) is 0 Å². The van der Waals surface area contributed by atoms with E-state index >= 15 is 0 Å². The van der Waals surface area contributed by atoms with E-state index in [1.54, 1.807) is 12.1 Å². The predicted octanol–water partition coefficient (Wildman–Crippen LogP) is 2.34. The molecule has 0 radical (unpaired) electrons. The van der Waals surface area contributed by atoms with E-state index in [9.17, 15) is 18.0 Å². The minimum Gasteiger partial charge on any atom is -0.390 e. The first-order chi connectivity index (χ1) is 9.44.